The summed E-state index contributed by atoms with van der Waals surface area (Å²) < 4.78 is 23.5. The third-order valence-corrected chi connectivity index (χ3v) is 5.67. The van der Waals surface area contributed by atoms with E-state index in [9.17, 15) is 0 Å². The van der Waals surface area contributed by atoms with Crippen molar-refractivity contribution in [2.45, 2.75) is 46.6 Å². The molecule has 0 bridgehead atoms. The molecule has 0 saturated carbocycles. The summed E-state index contributed by atoms with van der Waals surface area (Å²) in [5.74, 6) is 0.744. The van der Waals surface area contributed by atoms with Gasteiger partial charge in [-0.1, -0.05) is 24.6 Å². The zero-order valence-corrected chi connectivity index (χ0v) is 19.4. The van der Waals surface area contributed by atoms with Gasteiger partial charge in [0.1, 0.15) is 22.9 Å². The largest absolute Gasteiger partial charge is 0.490 e. The third-order valence-electron chi connectivity index (χ3n) is 5.39. The average molecular weight is 454 g/mol. The number of halogens is 2. The predicted molar refractivity (Wildman–Crippen MR) is 125 cm³/mol. The number of hydrogen-bond donors (Lipinski definition) is 1. The fourth-order valence-electron chi connectivity index (χ4n) is 3.90. The Balaban J connectivity index is 1.98. The van der Waals surface area contributed by atoms with Gasteiger partial charge in [0.15, 0.2) is 5.82 Å². The highest BCUT2D eigenvalue weighted by atomic mass is 35.5. The second-order valence-electron chi connectivity index (χ2n) is 8.13. The Kier molecular flexibility index (Phi) is 5.77. The second kappa shape index (κ2) is 8.39. The van der Waals surface area contributed by atoms with Gasteiger partial charge in [-0.25, -0.2) is 14.4 Å². The monoisotopic (exact) mass is 453 g/mol. The molecule has 0 fully saturated rings. The quantitative estimate of drug-likeness (QED) is 0.418. The Bertz CT molecular complexity index is 1300. The lowest BCUT2D eigenvalue weighted by atomic mass is 9.93. The van der Waals surface area contributed by atoms with Crippen LogP contribution in [0.2, 0.25) is 5.02 Å². The van der Waals surface area contributed by atoms with E-state index >= 15 is 4.39 Å². The molecule has 0 radical (unpaired) electrons. The molecule has 1 aromatic carbocycles. The highest BCUT2D eigenvalue weighted by Gasteiger charge is 2.27. The zero-order chi connectivity index (χ0) is 23.2. The van der Waals surface area contributed by atoms with Crippen LogP contribution in [0.4, 0.5) is 10.2 Å². The summed E-state index contributed by atoms with van der Waals surface area (Å²) in [6, 6.07) is 5.27. The number of anilines is 1. The van der Waals surface area contributed by atoms with Crippen molar-refractivity contribution < 1.29 is 9.13 Å². The first kappa shape index (κ1) is 22.0. The van der Waals surface area contributed by atoms with Crippen molar-refractivity contribution in [2.24, 2.45) is 0 Å². The zero-order valence-electron chi connectivity index (χ0n) is 18.6. The van der Waals surface area contributed by atoms with Crippen LogP contribution in [0.1, 0.15) is 49.5 Å². The Morgan fingerprint density at radius 2 is 1.91 bits per heavy atom. The number of aryl methyl sites for hydroxylation is 2. The number of rotatable bonds is 5. The average Bonchev–Trinajstić information content (AvgIpc) is 3.09. The molecule has 0 aliphatic carbocycles. The lowest BCUT2D eigenvalue weighted by Gasteiger charge is -2.23. The first-order valence-electron chi connectivity index (χ1n) is 10.4. The number of fused-ring (bicyclic) bond motifs is 1. The van der Waals surface area contributed by atoms with Crippen LogP contribution in [0, 0.1) is 19.7 Å². The van der Waals surface area contributed by atoms with Crippen LogP contribution in [0.3, 0.4) is 0 Å². The van der Waals surface area contributed by atoms with Crippen molar-refractivity contribution in [1.29, 1.82) is 0 Å². The Morgan fingerprint density at radius 3 is 2.56 bits per heavy atom. The summed E-state index contributed by atoms with van der Waals surface area (Å²) >= 11 is 6.38. The lowest BCUT2D eigenvalue weighted by Crippen LogP contribution is -2.13. The molecule has 4 aromatic rings. The molecule has 3 heterocycles. The summed E-state index contributed by atoms with van der Waals surface area (Å²) in [7, 11) is 0. The number of imidazole rings is 1. The van der Waals surface area contributed by atoms with Gasteiger partial charge in [0, 0.05) is 41.3 Å². The summed E-state index contributed by atoms with van der Waals surface area (Å²) in [6.45, 7) is 9.55. The van der Waals surface area contributed by atoms with E-state index in [1.54, 1.807) is 18.5 Å². The number of pyridine rings is 1. The summed E-state index contributed by atoms with van der Waals surface area (Å²) in [6.07, 6.45) is 4.90. The van der Waals surface area contributed by atoms with Gasteiger partial charge >= 0.3 is 0 Å². The molecule has 0 saturated heterocycles. The molecule has 0 aliphatic rings. The van der Waals surface area contributed by atoms with Crippen LogP contribution < -0.4 is 10.5 Å². The lowest BCUT2D eigenvalue weighted by molar-refractivity contribution is 0.239. The summed E-state index contributed by atoms with van der Waals surface area (Å²) in [4.78, 5) is 13.3. The van der Waals surface area contributed by atoms with Crippen molar-refractivity contribution in [3.05, 3.63) is 70.4 Å². The molecule has 6 nitrogen and oxygen atoms in total. The van der Waals surface area contributed by atoms with Crippen molar-refractivity contribution in [3.63, 3.8) is 0 Å². The van der Waals surface area contributed by atoms with E-state index in [4.69, 9.17) is 27.1 Å². The van der Waals surface area contributed by atoms with Gasteiger partial charge in [-0.15, -0.1) is 0 Å². The van der Waals surface area contributed by atoms with Crippen LogP contribution in [-0.4, -0.2) is 25.5 Å². The van der Waals surface area contributed by atoms with Crippen molar-refractivity contribution in [3.8, 4) is 16.9 Å². The molecule has 0 aliphatic heterocycles. The molecule has 3 aromatic heterocycles. The number of nitrogen functional groups attached to an aromatic ring is 1. The summed E-state index contributed by atoms with van der Waals surface area (Å²) in [5.41, 5.74) is 10.0. The molecule has 1 atom stereocenters. The second-order valence-corrected chi connectivity index (χ2v) is 8.54. The van der Waals surface area contributed by atoms with Crippen molar-refractivity contribution in [2.75, 3.05) is 5.73 Å². The van der Waals surface area contributed by atoms with Crippen molar-refractivity contribution >= 4 is 22.9 Å². The van der Waals surface area contributed by atoms with Gasteiger partial charge in [-0.3, -0.25) is 9.38 Å². The smallest absolute Gasteiger partial charge is 0.153 e. The maximum atomic E-state index is 15.4. The van der Waals surface area contributed by atoms with Crippen LogP contribution >= 0.6 is 11.6 Å². The van der Waals surface area contributed by atoms with E-state index in [2.05, 4.69) is 9.97 Å². The number of ether oxygens (including phenoxy) is 1. The third kappa shape index (κ3) is 3.77. The van der Waals surface area contributed by atoms with Gasteiger partial charge in [0.05, 0.1) is 22.4 Å². The topological polar surface area (TPSA) is 78.3 Å². The van der Waals surface area contributed by atoms with Crippen LogP contribution in [0.25, 0.3) is 16.6 Å². The molecule has 32 heavy (non-hydrogen) atoms. The fraction of sp³-hybridized carbons (Fsp3) is 0.292. The Hall–Kier alpha value is -3.19. The van der Waals surface area contributed by atoms with E-state index in [1.165, 1.54) is 0 Å². The van der Waals surface area contributed by atoms with Crippen LogP contribution in [0.15, 0.2) is 36.8 Å². The normalized spacial score (nSPS) is 12.5. The maximum Gasteiger partial charge on any atom is 0.153 e. The minimum atomic E-state index is -0.540. The van der Waals surface area contributed by atoms with Crippen LogP contribution in [-0.2, 0) is 0 Å². The van der Waals surface area contributed by atoms with Gasteiger partial charge in [-0.2, -0.15) is 0 Å². The number of nitrogens with zero attached hydrogens (tertiary/aromatic N) is 4. The first-order chi connectivity index (χ1) is 15.2. The van der Waals surface area contributed by atoms with E-state index in [1.807, 2.05) is 57.3 Å². The molecule has 0 unspecified atom stereocenters. The summed E-state index contributed by atoms with van der Waals surface area (Å²) in [5, 5.41) is 0.0114. The number of benzene rings is 1. The number of hydrogen-bond acceptors (Lipinski definition) is 5. The molecule has 4 rings (SSSR count). The van der Waals surface area contributed by atoms with Gasteiger partial charge < -0.3 is 10.5 Å². The van der Waals surface area contributed by atoms with Gasteiger partial charge in [0.2, 0.25) is 0 Å². The minimum absolute atomic E-state index is 0.0114. The molecular formula is C24H25ClFN5O. The SMILES string of the molecule is Cc1ccc(-c2c(F)c(Cl)cc([C@H](C)c3nc(C)c4c(N)nccn34)c2OC(C)C)cn1. The van der Waals surface area contributed by atoms with Crippen molar-refractivity contribution in [1.82, 2.24) is 19.4 Å². The minimum Gasteiger partial charge on any atom is -0.490 e. The number of aromatic nitrogens is 4. The van der Waals surface area contributed by atoms with E-state index < -0.39 is 5.82 Å². The van der Waals surface area contributed by atoms with Crippen LogP contribution in [0.5, 0.6) is 5.75 Å². The maximum absolute atomic E-state index is 15.4. The van der Waals surface area contributed by atoms with E-state index in [-0.39, 0.29) is 17.0 Å². The molecule has 2 N–H and O–H groups in total. The molecule has 166 valence electrons. The standard InChI is InChI=1S/C24H25ClFN5O/c1-12(2)32-22-17(10-18(25)20(26)19(22)16-7-6-13(3)29-11-16)14(4)24-30-15(5)21-23(27)28-8-9-31(21)24/h6-12,14H,1-5H3,(H2,27,28)/t14-/m0/s1. The molecule has 0 amide bonds. The van der Waals surface area contributed by atoms with E-state index in [0.717, 1.165) is 28.3 Å². The van der Waals surface area contributed by atoms with E-state index in [0.29, 0.717) is 22.7 Å². The number of nitrogens with two attached hydrogens (primary N) is 1. The molecule has 8 heteroatoms. The highest BCUT2D eigenvalue weighted by Crippen LogP contribution is 2.44. The van der Waals surface area contributed by atoms with Gasteiger partial charge in [0.25, 0.3) is 0 Å². The Labute approximate surface area is 191 Å². The van der Waals surface area contributed by atoms with Gasteiger partial charge in [-0.05, 0) is 39.8 Å². The molecular weight excluding hydrogens is 429 g/mol. The molecule has 0 spiro atoms. The Morgan fingerprint density at radius 1 is 1.16 bits per heavy atom. The highest BCUT2D eigenvalue weighted by molar-refractivity contribution is 6.31. The first-order valence-corrected chi connectivity index (χ1v) is 10.8. The fourth-order valence-corrected chi connectivity index (χ4v) is 4.11. The predicted octanol–water partition coefficient (Wildman–Crippen LogP) is 5.72.